The number of aromatic nitrogens is 3. The second-order valence-corrected chi connectivity index (χ2v) is 4.70. The Hall–Kier alpha value is -1.78. The van der Waals surface area contributed by atoms with E-state index in [1.54, 1.807) is 30.3 Å². The molecule has 18 heavy (non-hydrogen) atoms. The summed E-state index contributed by atoms with van der Waals surface area (Å²) in [6, 6.07) is 10.5. The Morgan fingerprint density at radius 2 is 1.56 bits per heavy atom. The molecule has 1 heterocycles. The van der Waals surface area contributed by atoms with E-state index in [0.29, 0.717) is 21.4 Å². The largest absolute Gasteiger partial charge is 0.397 e. The SMILES string of the molecule is Nc1cc(Cl)ccc1-n1nc2ccc(Cl)cc2n1. The van der Waals surface area contributed by atoms with Gasteiger partial charge in [0.05, 0.1) is 5.69 Å². The number of fused-ring (bicyclic) bond motifs is 1. The van der Waals surface area contributed by atoms with Crippen LogP contribution >= 0.6 is 23.2 Å². The summed E-state index contributed by atoms with van der Waals surface area (Å²) in [5.74, 6) is 0. The molecule has 0 saturated heterocycles. The highest BCUT2D eigenvalue weighted by Crippen LogP contribution is 2.22. The second kappa shape index (κ2) is 4.15. The van der Waals surface area contributed by atoms with Crippen LogP contribution in [0.3, 0.4) is 0 Å². The third kappa shape index (κ3) is 1.89. The normalized spacial score (nSPS) is 11.0. The minimum Gasteiger partial charge on any atom is -0.397 e. The number of benzene rings is 2. The summed E-state index contributed by atoms with van der Waals surface area (Å²) in [5.41, 5.74) is 8.58. The molecule has 0 fully saturated rings. The molecule has 1 aromatic heterocycles. The van der Waals surface area contributed by atoms with E-state index in [1.165, 1.54) is 4.80 Å². The predicted molar refractivity (Wildman–Crippen MR) is 73.3 cm³/mol. The lowest BCUT2D eigenvalue weighted by Gasteiger charge is -2.03. The highest BCUT2D eigenvalue weighted by molar-refractivity contribution is 6.31. The molecule has 2 aromatic carbocycles. The Labute approximate surface area is 113 Å². The summed E-state index contributed by atoms with van der Waals surface area (Å²) in [6.07, 6.45) is 0. The maximum atomic E-state index is 5.91. The predicted octanol–water partition coefficient (Wildman–Crippen LogP) is 3.31. The molecule has 2 N–H and O–H groups in total. The van der Waals surface area contributed by atoms with Crippen LogP contribution < -0.4 is 5.73 Å². The number of hydrogen-bond donors (Lipinski definition) is 1. The Morgan fingerprint density at radius 1 is 0.889 bits per heavy atom. The molecule has 0 aliphatic heterocycles. The van der Waals surface area contributed by atoms with Crippen molar-refractivity contribution in [2.45, 2.75) is 0 Å². The van der Waals surface area contributed by atoms with E-state index in [9.17, 15) is 0 Å². The van der Waals surface area contributed by atoms with Crippen molar-refractivity contribution in [2.24, 2.45) is 0 Å². The number of anilines is 1. The van der Waals surface area contributed by atoms with Gasteiger partial charge in [0.15, 0.2) is 0 Å². The van der Waals surface area contributed by atoms with Crippen molar-refractivity contribution in [1.29, 1.82) is 0 Å². The van der Waals surface area contributed by atoms with Gasteiger partial charge in [-0.1, -0.05) is 23.2 Å². The molecule has 0 atom stereocenters. The fourth-order valence-electron chi connectivity index (χ4n) is 1.70. The standard InChI is InChI=1S/C12H8Cl2N4/c13-7-2-4-12(9(15)5-7)18-16-10-3-1-8(14)6-11(10)17-18/h1-6H,15H2. The molecule has 3 aromatic rings. The first-order valence-electron chi connectivity index (χ1n) is 5.21. The van der Waals surface area contributed by atoms with Crippen LogP contribution in [-0.2, 0) is 0 Å². The van der Waals surface area contributed by atoms with Gasteiger partial charge >= 0.3 is 0 Å². The van der Waals surface area contributed by atoms with Gasteiger partial charge in [0.1, 0.15) is 16.7 Å². The van der Waals surface area contributed by atoms with E-state index in [1.807, 2.05) is 6.07 Å². The lowest BCUT2D eigenvalue weighted by atomic mass is 10.3. The van der Waals surface area contributed by atoms with Gasteiger partial charge in [0, 0.05) is 10.0 Å². The van der Waals surface area contributed by atoms with Crippen LogP contribution in [-0.4, -0.2) is 15.0 Å². The Morgan fingerprint density at radius 3 is 2.33 bits per heavy atom. The summed E-state index contributed by atoms with van der Waals surface area (Å²) in [6.45, 7) is 0. The molecule has 3 rings (SSSR count). The number of hydrogen-bond acceptors (Lipinski definition) is 3. The number of nitrogens with two attached hydrogens (primary N) is 1. The second-order valence-electron chi connectivity index (χ2n) is 3.83. The topological polar surface area (TPSA) is 56.7 Å². The molecule has 0 saturated carbocycles. The quantitative estimate of drug-likeness (QED) is 0.695. The molecule has 0 unspecified atom stereocenters. The fourth-order valence-corrected chi connectivity index (χ4v) is 2.05. The lowest BCUT2D eigenvalue weighted by Crippen LogP contribution is -2.02. The number of nitrogen functional groups attached to an aromatic ring is 1. The minimum absolute atomic E-state index is 0.522. The Kier molecular flexibility index (Phi) is 2.61. The van der Waals surface area contributed by atoms with Crippen molar-refractivity contribution in [2.75, 3.05) is 5.73 Å². The van der Waals surface area contributed by atoms with Crippen molar-refractivity contribution in [1.82, 2.24) is 15.0 Å². The lowest BCUT2D eigenvalue weighted by molar-refractivity contribution is 0.768. The minimum atomic E-state index is 0.522. The van der Waals surface area contributed by atoms with Crippen LogP contribution in [0.2, 0.25) is 10.0 Å². The maximum absolute atomic E-state index is 5.91. The monoisotopic (exact) mass is 278 g/mol. The average molecular weight is 279 g/mol. The first-order valence-corrected chi connectivity index (χ1v) is 5.97. The van der Waals surface area contributed by atoms with Gasteiger partial charge in [-0.3, -0.25) is 0 Å². The van der Waals surface area contributed by atoms with E-state index >= 15 is 0 Å². The van der Waals surface area contributed by atoms with Gasteiger partial charge in [-0.15, -0.1) is 15.0 Å². The van der Waals surface area contributed by atoms with Crippen molar-refractivity contribution < 1.29 is 0 Å². The molecule has 0 aliphatic rings. The molecule has 0 bridgehead atoms. The third-order valence-corrected chi connectivity index (χ3v) is 3.02. The molecular weight excluding hydrogens is 271 g/mol. The summed E-state index contributed by atoms with van der Waals surface area (Å²) < 4.78 is 0. The fraction of sp³-hybridized carbons (Fsp3) is 0. The van der Waals surface area contributed by atoms with Gasteiger partial charge in [-0.25, -0.2) is 0 Å². The summed E-state index contributed by atoms with van der Waals surface area (Å²) >= 11 is 11.8. The zero-order valence-electron chi connectivity index (χ0n) is 9.14. The molecule has 4 nitrogen and oxygen atoms in total. The van der Waals surface area contributed by atoms with E-state index in [0.717, 1.165) is 11.0 Å². The van der Waals surface area contributed by atoms with E-state index in [4.69, 9.17) is 28.9 Å². The van der Waals surface area contributed by atoms with Gasteiger partial charge in [0.25, 0.3) is 0 Å². The molecule has 6 heteroatoms. The summed E-state index contributed by atoms with van der Waals surface area (Å²) in [5, 5.41) is 9.87. The number of nitrogens with zero attached hydrogens (tertiary/aromatic N) is 3. The summed E-state index contributed by atoms with van der Waals surface area (Å²) in [4.78, 5) is 1.48. The molecule has 0 radical (unpaired) electrons. The van der Waals surface area contributed by atoms with Crippen molar-refractivity contribution in [3.63, 3.8) is 0 Å². The van der Waals surface area contributed by atoms with Gasteiger partial charge in [-0.2, -0.15) is 0 Å². The van der Waals surface area contributed by atoms with Crippen LogP contribution in [0.5, 0.6) is 0 Å². The maximum Gasteiger partial charge on any atom is 0.115 e. The van der Waals surface area contributed by atoms with Crippen molar-refractivity contribution in [3.8, 4) is 5.69 Å². The Bertz CT molecular complexity index is 736. The zero-order chi connectivity index (χ0) is 12.7. The third-order valence-electron chi connectivity index (χ3n) is 2.55. The molecule has 0 amide bonds. The van der Waals surface area contributed by atoms with Crippen LogP contribution in [0.15, 0.2) is 36.4 Å². The van der Waals surface area contributed by atoms with Crippen molar-refractivity contribution in [3.05, 3.63) is 46.4 Å². The zero-order valence-corrected chi connectivity index (χ0v) is 10.7. The first-order chi connectivity index (χ1) is 8.63. The highest BCUT2D eigenvalue weighted by atomic mass is 35.5. The van der Waals surface area contributed by atoms with Gasteiger partial charge < -0.3 is 5.73 Å². The Balaban J connectivity index is 2.19. The van der Waals surface area contributed by atoms with Gasteiger partial charge in [0.2, 0.25) is 0 Å². The van der Waals surface area contributed by atoms with E-state index in [-0.39, 0.29) is 0 Å². The van der Waals surface area contributed by atoms with Crippen LogP contribution in [0.1, 0.15) is 0 Å². The van der Waals surface area contributed by atoms with Crippen LogP contribution in [0, 0.1) is 0 Å². The van der Waals surface area contributed by atoms with Crippen LogP contribution in [0.25, 0.3) is 16.7 Å². The first kappa shape index (κ1) is 11.3. The molecule has 0 aliphatic carbocycles. The van der Waals surface area contributed by atoms with E-state index < -0.39 is 0 Å². The van der Waals surface area contributed by atoms with E-state index in [2.05, 4.69) is 10.2 Å². The summed E-state index contributed by atoms with van der Waals surface area (Å²) in [7, 11) is 0. The smallest absolute Gasteiger partial charge is 0.115 e. The average Bonchev–Trinajstić information content (AvgIpc) is 2.71. The van der Waals surface area contributed by atoms with Crippen LogP contribution in [0.4, 0.5) is 5.69 Å². The highest BCUT2D eigenvalue weighted by Gasteiger charge is 2.08. The van der Waals surface area contributed by atoms with Crippen molar-refractivity contribution >= 4 is 39.9 Å². The van der Waals surface area contributed by atoms with Gasteiger partial charge in [-0.05, 0) is 36.4 Å². The molecule has 90 valence electrons. The molecule has 0 spiro atoms. The molecular formula is C12H8Cl2N4. The number of rotatable bonds is 1. The number of halogens is 2.